The molecule has 0 amide bonds. The van der Waals surface area contributed by atoms with Crippen molar-refractivity contribution in [3.05, 3.63) is 79.1 Å². The number of anilines is 1. The molecule has 1 aromatic heterocycles. The molecule has 0 unspecified atom stereocenters. The van der Waals surface area contributed by atoms with E-state index in [-0.39, 0.29) is 0 Å². The summed E-state index contributed by atoms with van der Waals surface area (Å²) < 4.78 is 2.18. The van der Waals surface area contributed by atoms with Crippen LogP contribution in [0.3, 0.4) is 0 Å². The van der Waals surface area contributed by atoms with Crippen LogP contribution in [0.25, 0.3) is 27.8 Å². The van der Waals surface area contributed by atoms with Gasteiger partial charge in [-0.3, -0.25) is 4.57 Å². The molecule has 4 aromatic rings. The Balaban J connectivity index is 1.49. The summed E-state index contributed by atoms with van der Waals surface area (Å²) in [4.78, 5) is 9.53. The first-order valence-electron chi connectivity index (χ1n) is 9.84. The molecular weight excluding hydrogens is 344 g/mol. The molecule has 2 heterocycles. The third-order valence-corrected chi connectivity index (χ3v) is 5.63. The highest BCUT2D eigenvalue weighted by atomic mass is 15.2. The quantitative estimate of drug-likeness (QED) is 0.534. The molecule has 0 aliphatic carbocycles. The molecule has 28 heavy (non-hydrogen) atoms. The smallest absolute Gasteiger partial charge is 0.100 e. The van der Waals surface area contributed by atoms with E-state index in [0.717, 1.165) is 42.9 Å². The fraction of sp³-hybridized carbons (Fsp3) is 0.208. The van der Waals surface area contributed by atoms with Gasteiger partial charge in [-0.2, -0.15) is 0 Å². The third kappa shape index (κ3) is 3.16. The second-order valence-electron chi connectivity index (χ2n) is 7.49. The lowest BCUT2D eigenvalue weighted by Crippen LogP contribution is -2.44. The van der Waals surface area contributed by atoms with Gasteiger partial charge < -0.3 is 9.80 Å². The molecule has 4 heteroatoms. The van der Waals surface area contributed by atoms with E-state index in [2.05, 4.69) is 93.1 Å². The van der Waals surface area contributed by atoms with Crippen LogP contribution in [-0.2, 0) is 0 Å². The number of likely N-dealkylation sites (N-methyl/N-ethyl adjacent to an activating group) is 1. The third-order valence-electron chi connectivity index (χ3n) is 5.63. The van der Waals surface area contributed by atoms with Gasteiger partial charge in [0, 0.05) is 37.6 Å². The van der Waals surface area contributed by atoms with Crippen LogP contribution in [0, 0.1) is 0 Å². The Morgan fingerprint density at radius 1 is 0.714 bits per heavy atom. The maximum Gasteiger partial charge on any atom is 0.100 e. The van der Waals surface area contributed by atoms with E-state index in [0.29, 0.717) is 0 Å². The molecule has 3 aromatic carbocycles. The van der Waals surface area contributed by atoms with Crippen molar-refractivity contribution in [1.82, 2.24) is 14.5 Å². The highest BCUT2D eigenvalue weighted by molar-refractivity contribution is 5.83. The van der Waals surface area contributed by atoms with Crippen LogP contribution in [0.4, 0.5) is 5.69 Å². The van der Waals surface area contributed by atoms with E-state index in [4.69, 9.17) is 0 Å². The minimum atomic E-state index is 1.02. The summed E-state index contributed by atoms with van der Waals surface area (Å²) in [5, 5.41) is 0. The molecule has 1 aliphatic heterocycles. The number of rotatable bonds is 3. The molecule has 1 saturated heterocycles. The molecule has 0 spiro atoms. The molecule has 0 radical (unpaired) electrons. The van der Waals surface area contributed by atoms with Crippen LogP contribution in [-0.4, -0.2) is 47.7 Å². The molecule has 0 saturated carbocycles. The Labute approximate surface area is 165 Å². The first kappa shape index (κ1) is 17.0. The molecule has 5 rings (SSSR count). The Bertz CT molecular complexity index is 1090. The van der Waals surface area contributed by atoms with E-state index in [9.17, 15) is 0 Å². The Hall–Kier alpha value is -3.11. The van der Waals surface area contributed by atoms with E-state index >= 15 is 0 Å². The number of hydrogen-bond acceptors (Lipinski definition) is 3. The number of benzene rings is 3. The number of aromatic nitrogens is 2. The second-order valence-corrected chi connectivity index (χ2v) is 7.49. The lowest BCUT2D eigenvalue weighted by Gasteiger charge is -2.34. The minimum absolute atomic E-state index is 1.02. The van der Waals surface area contributed by atoms with Crippen molar-refractivity contribution in [2.75, 3.05) is 38.1 Å². The summed E-state index contributed by atoms with van der Waals surface area (Å²) in [5.41, 5.74) is 7.02. The van der Waals surface area contributed by atoms with Crippen molar-refractivity contribution < 1.29 is 0 Å². The van der Waals surface area contributed by atoms with Crippen LogP contribution < -0.4 is 4.90 Å². The second kappa shape index (κ2) is 7.13. The van der Waals surface area contributed by atoms with Gasteiger partial charge in [0.2, 0.25) is 0 Å². The normalized spacial score (nSPS) is 15.2. The average molecular weight is 368 g/mol. The van der Waals surface area contributed by atoms with E-state index in [1.807, 2.05) is 12.4 Å². The fourth-order valence-corrected chi connectivity index (χ4v) is 3.93. The van der Waals surface area contributed by atoms with Crippen LogP contribution in [0.2, 0.25) is 0 Å². The van der Waals surface area contributed by atoms with E-state index in [1.165, 1.54) is 16.8 Å². The van der Waals surface area contributed by atoms with Gasteiger partial charge in [0.1, 0.15) is 6.33 Å². The standard InChI is InChI=1S/C24H24N4/c1-26-12-14-27(15-13-26)21-8-5-9-22(17-21)28-18-25-23-16-20(10-11-24(23)28)19-6-3-2-4-7-19/h2-11,16-18H,12-15H2,1H3. The van der Waals surface area contributed by atoms with Gasteiger partial charge >= 0.3 is 0 Å². The molecule has 4 nitrogen and oxygen atoms in total. The van der Waals surface area contributed by atoms with Gasteiger partial charge in [0.15, 0.2) is 0 Å². The highest BCUT2D eigenvalue weighted by Gasteiger charge is 2.15. The number of nitrogens with zero attached hydrogens (tertiary/aromatic N) is 4. The molecule has 1 fully saturated rings. The number of piperazine rings is 1. The number of fused-ring (bicyclic) bond motifs is 1. The topological polar surface area (TPSA) is 24.3 Å². The van der Waals surface area contributed by atoms with Gasteiger partial charge in [-0.1, -0.05) is 42.5 Å². The summed E-state index contributed by atoms with van der Waals surface area (Å²) in [7, 11) is 2.19. The van der Waals surface area contributed by atoms with Crippen molar-refractivity contribution in [3.63, 3.8) is 0 Å². The maximum absolute atomic E-state index is 4.68. The summed E-state index contributed by atoms with van der Waals surface area (Å²) in [5.74, 6) is 0. The fourth-order valence-electron chi connectivity index (χ4n) is 3.93. The zero-order valence-electron chi connectivity index (χ0n) is 16.1. The van der Waals surface area contributed by atoms with Crippen molar-refractivity contribution >= 4 is 16.7 Å². The summed E-state index contributed by atoms with van der Waals surface area (Å²) in [6.45, 7) is 4.37. The molecular formula is C24H24N4. The maximum atomic E-state index is 4.68. The van der Waals surface area contributed by atoms with Gasteiger partial charge in [-0.15, -0.1) is 0 Å². The minimum Gasteiger partial charge on any atom is -0.369 e. The molecule has 1 aliphatic rings. The SMILES string of the molecule is CN1CCN(c2cccc(-n3cnc4cc(-c5ccccc5)ccc43)c2)CC1. The van der Waals surface area contributed by atoms with E-state index < -0.39 is 0 Å². The zero-order chi connectivity index (χ0) is 18.9. The Kier molecular flexibility index (Phi) is 4.34. The Morgan fingerprint density at radius 2 is 1.50 bits per heavy atom. The summed E-state index contributed by atoms with van der Waals surface area (Å²) in [6, 6.07) is 25.8. The monoisotopic (exact) mass is 368 g/mol. The highest BCUT2D eigenvalue weighted by Crippen LogP contribution is 2.27. The number of hydrogen-bond donors (Lipinski definition) is 0. The summed E-state index contributed by atoms with van der Waals surface area (Å²) >= 11 is 0. The first-order chi connectivity index (χ1) is 13.8. The van der Waals surface area contributed by atoms with Crippen LogP contribution in [0.1, 0.15) is 0 Å². The number of imidazole rings is 1. The van der Waals surface area contributed by atoms with Gasteiger partial charge in [0.05, 0.1) is 11.0 Å². The average Bonchev–Trinajstić information content (AvgIpc) is 3.18. The van der Waals surface area contributed by atoms with E-state index in [1.54, 1.807) is 0 Å². The molecule has 140 valence electrons. The lowest BCUT2D eigenvalue weighted by molar-refractivity contribution is 0.313. The van der Waals surface area contributed by atoms with Gasteiger partial charge in [-0.05, 0) is 48.5 Å². The van der Waals surface area contributed by atoms with Crippen molar-refractivity contribution in [2.45, 2.75) is 0 Å². The largest absolute Gasteiger partial charge is 0.369 e. The van der Waals surface area contributed by atoms with Crippen LogP contribution in [0.5, 0.6) is 0 Å². The van der Waals surface area contributed by atoms with Crippen LogP contribution >= 0.6 is 0 Å². The molecule has 0 atom stereocenters. The zero-order valence-corrected chi connectivity index (χ0v) is 16.1. The Morgan fingerprint density at radius 3 is 2.32 bits per heavy atom. The summed E-state index contributed by atoms with van der Waals surface area (Å²) in [6.07, 6.45) is 1.93. The van der Waals surface area contributed by atoms with Crippen molar-refractivity contribution in [2.24, 2.45) is 0 Å². The predicted molar refractivity (Wildman–Crippen MR) is 116 cm³/mol. The molecule has 0 bridgehead atoms. The first-order valence-corrected chi connectivity index (χ1v) is 9.84. The lowest BCUT2D eigenvalue weighted by atomic mass is 10.1. The van der Waals surface area contributed by atoms with Crippen molar-refractivity contribution in [1.29, 1.82) is 0 Å². The van der Waals surface area contributed by atoms with Crippen molar-refractivity contribution in [3.8, 4) is 16.8 Å². The van der Waals surface area contributed by atoms with Gasteiger partial charge in [-0.25, -0.2) is 4.98 Å². The van der Waals surface area contributed by atoms with Gasteiger partial charge in [0.25, 0.3) is 0 Å². The predicted octanol–water partition coefficient (Wildman–Crippen LogP) is 4.44. The molecule has 0 N–H and O–H groups in total. The van der Waals surface area contributed by atoms with Crippen LogP contribution in [0.15, 0.2) is 79.1 Å².